The van der Waals surface area contributed by atoms with Crippen molar-refractivity contribution < 1.29 is 23.0 Å². The summed E-state index contributed by atoms with van der Waals surface area (Å²) in [7, 11) is 0. The van der Waals surface area contributed by atoms with Crippen molar-refractivity contribution >= 4 is 5.82 Å². The van der Waals surface area contributed by atoms with Crippen LogP contribution in [0.4, 0.5) is 19.0 Å². The van der Waals surface area contributed by atoms with Gasteiger partial charge in [0.05, 0.1) is 6.61 Å². The number of hydrogen-bond donors (Lipinski definition) is 3. The van der Waals surface area contributed by atoms with Crippen LogP contribution in [-0.4, -0.2) is 16.5 Å². The Morgan fingerprint density at radius 1 is 1.38 bits per heavy atom. The van der Waals surface area contributed by atoms with Crippen LogP contribution in [0.1, 0.15) is 11.1 Å². The molecule has 0 radical (unpaired) electrons. The monoisotopic (exact) mass is 237 g/mol. The van der Waals surface area contributed by atoms with Gasteiger partial charge in [0.15, 0.2) is 0 Å². The molecular formula is C8H10F3N3O2. The Balaban J connectivity index is 3.13. The summed E-state index contributed by atoms with van der Waals surface area (Å²) in [5.74, 6) is -0.913. The highest BCUT2D eigenvalue weighted by atomic mass is 19.4. The van der Waals surface area contributed by atoms with E-state index in [4.69, 9.17) is 16.6 Å². The smallest absolute Gasteiger partial charge is 0.391 e. The Labute approximate surface area is 88.8 Å². The number of ether oxygens (including phenoxy) is 1. The maximum atomic E-state index is 12.0. The number of halogens is 3. The largest absolute Gasteiger partial charge is 0.574 e. The summed E-state index contributed by atoms with van der Waals surface area (Å²) >= 11 is 0. The lowest BCUT2D eigenvalue weighted by Gasteiger charge is -2.13. The molecule has 16 heavy (non-hydrogen) atoms. The second kappa shape index (κ2) is 4.54. The molecule has 0 aliphatic heterocycles. The van der Waals surface area contributed by atoms with Gasteiger partial charge in [0.2, 0.25) is 5.88 Å². The number of rotatable bonds is 3. The first-order chi connectivity index (χ1) is 7.37. The molecule has 8 heteroatoms. The van der Waals surface area contributed by atoms with Crippen LogP contribution in [0.5, 0.6) is 5.88 Å². The number of nitrogens with two attached hydrogens (primary N) is 2. The lowest BCUT2D eigenvalue weighted by Crippen LogP contribution is -2.20. The van der Waals surface area contributed by atoms with Gasteiger partial charge in [-0.2, -0.15) is 4.98 Å². The molecule has 0 unspecified atom stereocenters. The average Bonchev–Trinajstić information content (AvgIpc) is 2.16. The quantitative estimate of drug-likeness (QED) is 0.712. The molecule has 5 N–H and O–H groups in total. The average molecular weight is 237 g/mol. The molecule has 0 aliphatic carbocycles. The Bertz CT molecular complexity index is 382. The number of aromatic nitrogens is 1. The van der Waals surface area contributed by atoms with Crippen LogP contribution in [0.2, 0.25) is 0 Å². The molecule has 0 aromatic carbocycles. The molecule has 90 valence electrons. The fourth-order valence-electron chi connectivity index (χ4n) is 1.07. The van der Waals surface area contributed by atoms with Crippen LogP contribution in [0.3, 0.4) is 0 Å². The van der Waals surface area contributed by atoms with Crippen molar-refractivity contribution in [3.05, 3.63) is 17.2 Å². The van der Waals surface area contributed by atoms with Gasteiger partial charge in [-0.15, -0.1) is 13.2 Å². The molecular weight excluding hydrogens is 227 g/mol. The summed E-state index contributed by atoms with van der Waals surface area (Å²) in [5.41, 5.74) is 10.9. The summed E-state index contributed by atoms with van der Waals surface area (Å²) in [6, 6.07) is 1.23. The van der Waals surface area contributed by atoms with Crippen molar-refractivity contribution in [2.24, 2.45) is 5.73 Å². The molecule has 0 amide bonds. The zero-order valence-electron chi connectivity index (χ0n) is 8.08. The Morgan fingerprint density at radius 3 is 2.44 bits per heavy atom. The predicted octanol–water partition coefficient (Wildman–Crippen LogP) is 0.513. The molecule has 0 saturated heterocycles. The van der Waals surface area contributed by atoms with Gasteiger partial charge in [-0.25, -0.2) is 0 Å². The molecule has 1 aromatic rings. The van der Waals surface area contributed by atoms with Crippen LogP contribution in [0.15, 0.2) is 6.07 Å². The third kappa shape index (κ3) is 2.97. The first kappa shape index (κ1) is 12.5. The lowest BCUT2D eigenvalue weighted by molar-refractivity contribution is -0.276. The van der Waals surface area contributed by atoms with Gasteiger partial charge < -0.3 is 21.3 Å². The minimum Gasteiger partial charge on any atom is -0.391 e. The second-order valence-corrected chi connectivity index (χ2v) is 2.91. The van der Waals surface area contributed by atoms with Crippen molar-refractivity contribution in [2.45, 2.75) is 19.5 Å². The molecule has 0 atom stereocenters. The van der Waals surface area contributed by atoms with E-state index in [2.05, 4.69) is 9.72 Å². The fourth-order valence-corrected chi connectivity index (χ4v) is 1.07. The lowest BCUT2D eigenvalue weighted by atomic mass is 10.2. The zero-order valence-corrected chi connectivity index (χ0v) is 8.08. The summed E-state index contributed by atoms with van der Waals surface area (Å²) in [6.45, 7) is -0.635. The van der Waals surface area contributed by atoms with Crippen LogP contribution < -0.4 is 16.2 Å². The standard InChI is InChI=1S/C8H10F3N3O2/c9-8(10,11)16-7-5(3-15)1-4(2-12)6(13)14-7/h1,15H,2-3,12H2,(H2,13,14). The molecule has 0 saturated carbocycles. The first-order valence-corrected chi connectivity index (χ1v) is 4.22. The topological polar surface area (TPSA) is 94.4 Å². The molecule has 1 aromatic heterocycles. The minimum absolute atomic E-state index is 0.0120. The van der Waals surface area contributed by atoms with E-state index in [9.17, 15) is 13.2 Å². The number of nitrogen functional groups attached to an aromatic ring is 1. The van der Waals surface area contributed by atoms with Crippen molar-refractivity contribution in [1.29, 1.82) is 0 Å². The van der Waals surface area contributed by atoms with Crippen molar-refractivity contribution in [3.63, 3.8) is 0 Å². The number of anilines is 1. The van der Waals surface area contributed by atoms with Gasteiger partial charge >= 0.3 is 6.36 Å². The first-order valence-electron chi connectivity index (χ1n) is 4.22. The number of aliphatic hydroxyl groups excluding tert-OH is 1. The third-order valence-corrected chi connectivity index (χ3v) is 1.78. The highest BCUT2D eigenvalue weighted by molar-refractivity contribution is 5.45. The number of hydrogen-bond acceptors (Lipinski definition) is 5. The van der Waals surface area contributed by atoms with E-state index in [-0.39, 0.29) is 17.9 Å². The maximum Gasteiger partial charge on any atom is 0.574 e. The molecule has 1 rings (SSSR count). The summed E-state index contributed by atoms with van der Waals surface area (Å²) in [6.07, 6.45) is -4.88. The van der Waals surface area contributed by atoms with Crippen molar-refractivity contribution in [3.8, 4) is 5.88 Å². The van der Waals surface area contributed by atoms with Gasteiger partial charge in [-0.1, -0.05) is 0 Å². The molecule has 0 aliphatic rings. The number of alkyl halides is 3. The summed E-state index contributed by atoms with van der Waals surface area (Å²) in [5, 5.41) is 8.86. The molecule has 0 spiro atoms. The van der Waals surface area contributed by atoms with Crippen molar-refractivity contribution in [1.82, 2.24) is 4.98 Å². The highest BCUT2D eigenvalue weighted by Crippen LogP contribution is 2.27. The van der Waals surface area contributed by atoms with Gasteiger partial charge in [0, 0.05) is 17.7 Å². The van der Waals surface area contributed by atoms with E-state index in [0.29, 0.717) is 5.56 Å². The summed E-state index contributed by atoms with van der Waals surface area (Å²) < 4.78 is 39.5. The minimum atomic E-state index is -4.88. The normalized spacial score (nSPS) is 11.6. The van der Waals surface area contributed by atoms with E-state index in [1.165, 1.54) is 6.07 Å². The molecule has 1 heterocycles. The van der Waals surface area contributed by atoms with E-state index >= 15 is 0 Å². The predicted molar refractivity (Wildman–Crippen MR) is 49.1 cm³/mol. The van der Waals surface area contributed by atoms with E-state index < -0.39 is 18.8 Å². The summed E-state index contributed by atoms with van der Waals surface area (Å²) in [4.78, 5) is 3.40. The molecule has 5 nitrogen and oxygen atoms in total. The van der Waals surface area contributed by atoms with Crippen LogP contribution in [-0.2, 0) is 13.2 Å². The SMILES string of the molecule is NCc1cc(CO)c(OC(F)(F)F)nc1N. The van der Waals surface area contributed by atoms with Crippen LogP contribution in [0.25, 0.3) is 0 Å². The van der Waals surface area contributed by atoms with Crippen LogP contribution in [0, 0.1) is 0 Å². The molecule has 0 fully saturated rings. The van der Waals surface area contributed by atoms with E-state index in [1.807, 2.05) is 0 Å². The Hall–Kier alpha value is -1.54. The molecule has 0 bridgehead atoms. The number of aliphatic hydroxyl groups is 1. The highest BCUT2D eigenvalue weighted by Gasteiger charge is 2.33. The Morgan fingerprint density at radius 2 is 2.00 bits per heavy atom. The van der Waals surface area contributed by atoms with Gasteiger partial charge in [-0.05, 0) is 6.07 Å². The number of nitrogens with zero attached hydrogens (tertiary/aromatic N) is 1. The van der Waals surface area contributed by atoms with Crippen molar-refractivity contribution in [2.75, 3.05) is 5.73 Å². The van der Waals surface area contributed by atoms with Gasteiger partial charge in [-0.3, -0.25) is 0 Å². The van der Waals surface area contributed by atoms with Gasteiger partial charge in [0.25, 0.3) is 0 Å². The number of pyridine rings is 1. The van der Waals surface area contributed by atoms with E-state index in [0.717, 1.165) is 0 Å². The second-order valence-electron chi connectivity index (χ2n) is 2.91. The van der Waals surface area contributed by atoms with E-state index in [1.54, 1.807) is 0 Å². The maximum absolute atomic E-state index is 12.0. The Kier molecular flexibility index (Phi) is 3.55. The van der Waals surface area contributed by atoms with Gasteiger partial charge in [0.1, 0.15) is 5.82 Å². The van der Waals surface area contributed by atoms with Crippen LogP contribution >= 0.6 is 0 Å². The fraction of sp³-hybridized carbons (Fsp3) is 0.375. The zero-order chi connectivity index (χ0) is 12.3. The third-order valence-electron chi connectivity index (χ3n) is 1.78.